The summed E-state index contributed by atoms with van der Waals surface area (Å²) in [7, 11) is -2.62. The zero-order valence-electron chi connectivity index (χ0n) is 11.0. The van der Waals surface area contributed by atoms with Crippen molar-refractivity contribution in [1.29, 1.82) is 0 Å². The molecule has 0 aromatic heterocycles. The van der Waals surface area contributed by atoms with Gasteiger partial charge in [0, 0.05) is 24.8 Å². The van der Waals surface area contributed by atoms with Crippen molar-refractivity contribution in [3.05, 3.63) is 24.3 Å². The van der Waals surface area contributed by atoms with Gasteiger partial charge in [0.2, 0.25) is 0 Å². The van der Waals surface area contributed by atoms with Crippen molar-refractivity contribution in [2.45, 2.75) is 13.0 Å². The fraction of sp³-hybridized carbons (Fsp3) is 0.500. The Hall–Kier alpha value is -0.310. The van der Waals surface area contributed by atoms with Crippen LogP contribution in [0.1, 0.15) is 6.92 Å². The van der Waals surface area contributed by atoms with Gasteiger partial charge in [0.25, 0.3) is 10.1 Å². The molecule has 0 radical (unpaired) electrons. The van der Waals surface area contributed by atoms with Crippen LogP contribution in [0.3, 0.4) is 0 Å². The molecule has 6 nitrogen and oxygen atoms in total. The van der Waals surface area contributed by atoms with Crippen LogP contribution in [0, 0.1) is 0 Å². The zero-order valence-corrected chi connectivity index (χ0v) is 11.8. The minimum atomic E-state index is -4.17. The Kier molecular flexibility index (Phi) is 8.72. The standard InChI is InChI=1S/C12H19NO5S.Na.H/c1-3-13(8-11(14)9-19(15,16)17)10-5-4-6-12(7-10)18-2;;/h4-7,11,14H,3,8-9H2,1-2H3,(H,15,16,17);;. The third-order valence-electron chi connectivity index (χ3n) is 2.63. The Morgan fingerprint density at radius 3 is 2.55 bits per heavy atom. The molecule has 0 saturated heterocycles. The normalized spacial score (nSPS) is 12.4. The molecule has 0 aliphatic rings. The van der Waals surface area contributed by atoms with Gasteiger partial charge in [-0.3, -0.25) is 4.55 Å². The van der Waals surface area contributed by atoms with E-state index in [1.807, 2.05) is 19.1 Å². The Balaban J connectivity index is 0.00000361. The van der Waals surface area contributed by atoms with Crippen LogP contribution in [-0.4, -0.2) is 79.7 Å². The number of anilines is 1. The number of aliphatic hydroxyl groups is 1. The van der Waals surface area contributed by atoms with Gasteiger partial charge in [-0.25, -0.2) is 0 Å². The van der Waals surface area contributed by atoms with E-state index in [0.717, 1.165) is 5.69 Å². The number of hydrogen-bond donors (Lipinski definition) is 2. The van der Waals surface area contributed by atoms with Gasteiger partial charge in [-0.05, 0) is 19.1 Å². The molecule has 20 heavy (non-hydrogen) atoms. The summed E-state index contributed by atoms with van der Waals surface area (Å²) >= 11 is 0. The van der Waals surface area contributed by atoms with Crippen LogP contribution in [0.2, 0.25) is 0 Å². The van der Waals surface area contributed by atoms with Crippen LogP contribution in [0.25, 0.3) is 0 Å². The number of methoxy groups -OCH3 is 1. The average molecular weight is 313 g/mol. The van der Waals surface area contributed by atoms with E-state index in [9.17, 15) is 13.5 Å². The van der Waals surface area contributed by atoms with Crippen LogP contribution in [0.15, 0.2) is 24.3 Å². The summed E-state index contributed by atoms with van der Waals surface area (Å²) in [5.74, 6) is 0.00761. The van der Waals surface area contributed by atoms with E-state index < -0.39 is 22.0 Å². The maximum atomic E-state index is 10.7. The third kappa shape index (κ3) is 6.92. The Labute approximate surface area is 141 Å². The molecule has 1 rings (SSSR count). The molecule has 0 heterocycles. The van der Waals surface area contributed by atoms with Gasteiger partial charge in [-0.2, -0.15) is 8.42 Å². The van der Waals surface area contributed by atoms with Crippen molar-refractivity contribution in [2.24, 2.45) is 0 Å². The monoisotopic (exact) mass is 313 g/mol. The Morgan fingerprint density at radius 1 is 1.40 bits per heavy atom. The molecule has 0 bridgehead atoms. The number of benzene rings is 1. The second-order valence-electron chi connectivity index (χ2n) is 4.14. The van der Waals surface area contributed by atoms with Gasteiger partial charge in [0.05, 0.1) is 13.2 Å². The van der Waals surface area contributed by atoms with Gasteiger partial charge >= 0.3 is 29.6 Å². The molecule has 0 aliphatic carbocycles. The zero-order chi connectivity index (χ0) is 14.5. The van der Waals surface area contributed by atoms with E-state index in [-0.39, 0.29) is 36.1 Å². The molecule has 0 aliphatic heterocycles. The Bertz CT molecular complexity index is 508. The molecule has 2 N–H and O–H groups in total. The third-order valence-corrected chi connectivity index (χ3v) is 3.44. The summed E-state index contributed by atoms with van der Waals surface area (Å²) in [4.78, 5) is 1.80. The minimum absolute atomic E-state index is 0. The number of hydrogen-bond acceptors (Lipinski definition) is 5. The molecule has 1 unspecified atom stereocenters. The second kappa shape index (κ2) is 8.86. The van der Waals surface area contributed by atoms with Gasteiger partial charge < -0.3 is 14.7 Å². The SMILES string of the molecule is CCN(CC(O)CS(=O)(=O)O)c1cccc(OC)c1.[NaH]. The van der Waals surface area contributed by atoms with Gasteiger partial charge in [0.1, 0.15) is 11.5 Å². The molecule has 1 atom stereocenters. The molecule has 110 valence electrons. The number of nitrogens with zero attached hydrogens (tertiary/aromatic N) is 1. The van der Waals surface area contributed by atoms with Crippen LogP contribution < -0.4 is 9.64 Å². The molecule has 8 heteroatoms. The summed E-state index contributed by atoms with van der Waals surface area (Å²) in [6.07, 6.45) is -1.15. The van der Waals surface area contributed by atoms with Crippen molar-refractivity contribution < 1.29 is 22.8 Å². The molecule has 1 aromatic carbocycles. The average Bonchev–Trinajstić information content (AvgIpc) is 2.34. The predicted molar refractivity (Wildman–Crippen MR) is 80.5 cm³/mol. The van der Waals surface area contributed by atoms with E-state index in [1.54, 1.807) is 24.1 Å². The fourth-order valence-corrected chi connectivity index (χ4v) is 2.37. The first-order valence-corrected chi connectivity index (χ1v) is 7.49. The van der Waals surface area contributed by atoms with Crippen molar-refractivity contribution in [3.8, 4) is 5.75 Å². The van der Waals surface area contributed by atoms with E-state index >= 15 is 0 Å². The molecule has 0 amide bonds. The molecule has 0 spiro atoms. The number of ether oxygens (including phenoxy) is 1. The van der Waals surface area contributed by atoms with Crippen molar-refractivity contribution in [1.82, 2.24) is 0 Å². The van der Waals surface area contributed by atoms with E-state index in [4.69, 9.17) is 9.29 Å². The molecule has 0 saturated carbocycles. The summed E-state index contributed by atoms with van der Waals surface area (Å²) in [5.41, 5.74) is 0.816. The number of rotatable bonds is 7. The summed E-state index contributed by atoms with van der Waals surface area (Å²) in [6.45, 7) is 2.60. The van der Waals surface area contributed by atoms with E-state index in [0.29, 0.717) is 12.3 Å². The van der Waals surface area contributed by atoms with Crippen molar-refractivity contribution in [3.63, 3.8) is 0 Å². The molecular formula is C12H20NNaO5S. The maximum absolute atomic E-state index is 10.7. The van der Waals surface area contributed by atoms with E-state index in [2.05, 4.69) is 0 Å². The fourth-order valence-electron chi connectivity index (χ4n) is 1.77. The van der Waals surface area contributed by atoms with Gasteiger partial charge in [-0.15, -0.1) is 0 Å². The molecule has 0 fully saturated rings. The topological polar surface area (TPSA) is 87.1 Å². The van der Waals surface area contributed by atoms with Crippen LogP contribution in [0.5, 0.6) is 5.75 Å². The first-order valence-electron chi connectivity index (χ1n) is 5.88. The number of likely N-dealkylation sites (N-methyl/N-ethyl adjacent to an activating group) is 1. The summed E-state index contributed by atoms with van der Waals surface area (Å²) in [5, 5.41) is 9.66. The molecular weight excluding hydrogens is 293 g/mol. The van der Waals surface area contributed by atoms with E-state index in [1.165, 1.54) is 0 Å². The second-order valence-corrected chi connectivity index (χ2v) is 5.64. The quantitative estimate of drug-likeness (QED) is 0.549. The number of aliphatic hydroxyl groups excluding tert-OH is 1. The summed E-state index contributed by atoms with van der Waals surface area (Å²) in [6, 6.07) is 7.24. The van der Waals surface area contributed by atoms with Gasteiger partial charge in [0.15, 0.2) is 0 Å². The summed E-state index contributed by atoms with van der Waals surface area (Å²) < 4.78 is 35.2. The van der Waals surface area contributed by atoms with Gasteiger partial charge in [-0.1, -0.05) is 6.07 Å². The first kappa shape index (κ1) is 19.7. The molecule has 1 aromatic rings. The van der Waals surface area contributed by atoms with Crippen LogP contribution >= 0.6 is 0 Å². The predicted octanol–water partition coefficient (Wildman–Crippen LogP) is 0.122. The van der Waals surface area contributed by atoms with Crippen molar-refractivity contribution in [2.75, 3.05) is 30.9 Å². The van der Waals surface area contributed by atoms with Crippen LogP contribution in [0.4, 0.5) is 5.69 Å². The van der Waals surface area contributed by atoms with Crippen molar-refractivity contribution >= 4 is 45.4 Å². The first-order chi connectivity index (χ1) is 8.85. The van der Waals surface area contributed by atoms with Crippen LogP contribution in [-0.2, 0) is 10.1 Å². The Morgan fingerprint density at radius 2 is 2.05 bits per heavy atom.